The molecule has 2 amide bonds. The Bertz CT molecular complexity index is 1130. The van der Waals surface area contributed by atoms with Crippen LogP contribution in [0.5, 0.6) is 11.5 Å². The zero-order valence-electron chi connectivity index (χ0n) is 18.3. The first-order valence-electron chi connectivity index (χ1n) is 10.3. The molecular formula is C25H24ClN3O4. The first-order valence-corrected chi connectivity index (χ1v) is 10.7. The molecule has 0 aliphatic heterocycles. The molecule has 3 rings (SSSR count). The number of hydrogen-bond donors (Lipinski definition) is 2. The molecule has 0 aromatic heterocycles. The Kier molecular flexibility index (Phi) is 8.43. The Balaban J connectivity index is 1.65. The lowest BCUT2D eigenvalue weighted by Crippen LogP contribution is -2.20. The van der Waals surface area contributed by atoms with Gasteiger partial charge in [0.25, 0.3) is 11.8 Å². The van der Waals surface area contributed by atoms with Gasteiger partial charge in [-0.3, -0.25) is 9.59 Å². The highest BCUT2D eigenvalue weighted by Crippen LogP contribution is 2.36. The second kappa shape index (κ2) is 11.7. The molecule has 3 aromatic rings. The maximum Gasteiger partial charge on any atom is 0.271 e. The molecule has 7 nitrogen and oxygen atoms in total. The van der Waals surface area contributed by atoms with Crippen LogP contribution in [0.15, 0.2) is 71.8 Å². The van der Waals surface area contributed by atoms with Gasteiger partial charge in [-0.05, 0) is 55.8 Å². The predicted molar refractivity (Wildman–Crippen MR) is 129 cm³/mol. The molecular weight excluding hydrogens is 442 g/mol. The van der Waals surface area contributed by atoms with E-state index in [1.165, 1.54) is 6.21 Å². The van der Waals surface area contributed by atoms with Crippen molar-refractivity contribution >= 4 is 35.3 Å². The molecule has 0 heterocycles. The number of carbonyl (C=O) groups is 2. The van der Waals surface area contributed by atoms with Crippen LogP contribution < -0.4 is 20.2 Å². The van der Waals surface area contributed by atoms with Crippen LogP contribution in [-0.2, 0) is 4.79 Å². The molecule has 3 aromatic carbocycles. The third-order valence-corrected chi connectivity index (χ3v) is 4.71. The fraction of sp³-hybridized carbons (Fsp3) is 0.160. The minimum atomic E-state index is -0.329. The van der Waals surface area contributed by atoms with Crippen LogP contribution in [0.3, 0.4) is 0 Å². The lowest BCUT2D eigenvalue weighted by Gasteiger charge is -2.14. The average molecular weight is 466 g/mol. The summed E-state index contributed by atoms with van der Waals surface area (Å²) in [7, 11) is 0. The van der Waals surface area contributed by atoms with E-state index in [4.69, 9.17) is 21.1 Å². The first-order chi connectivity index (χ1) is 16.0. The number of hydrazone groups is 1. The van der Waals surface area contributed by atoms with Crippen molar-refractivity contribution < 1.29 is 19.1 Å². The third-order valence-electron chi connectivity index (χ3n) is 4.43. The molecule has 0 radical (unpaired) electrons. The highest BCUT2D eigenvalue weighted by molar-refractivity contribution is 6.32. The molecule has 0 spiro atoms. The normalized spacial score (nSPS) is 10.6. The van der Waals surface area contributed by atoms with Crippen LogP contribution in [0.1, 0.15) is 28.4 Å². The minimum absolute atomic E-state index is 0.241. The number of nitrogens with one attached hydrogen (secondary N) is 2. The molecule has 170 valence electrons. The van der Waals surface area contributed by atoms with Crippen LogP contribution in [0.25, 0.3) is 0 Å². The number of carbonyl (C=O) groups excluding carboxylic acids is 2. The molecule has 0 bridgehead atoms. The van der Waals surface area contributed by atoms with Crippen LogP contribution in [0, 0.1) is 6.92 Å². The number of hydrogen-bond acceptors (Lipinski definition) is 5. The average Bonchev–Trinajstić information content (AvgIpc) is 2.80. The standard InChI is InChI=1S/C25H24ClN3O4/c1-3-32-22-14-18(15-27-29-25(31)19-11-9-17(2)10-12-19)13-21(26)24(22)33-16-23(30)28-20-7-5-4-6-8-20/h4-15H,3,16H2,1-2H3,(H,28,30)(H,29,31)/b27-15+. The van der Waals surface area contributed by atoms with E-state index >= 15 is 0 Å². The number of nitrogens with zero attached hydrogens (tertiary/aromatic N) is 1. The van der Waals surface area contributed by atoms with E-state index in [0.29, 0.717) is 29.2 Å². The Morgan fingerprint density at radius 2 is 1.76 bits per heavy atom. The molecule has 0 atom stereocenters. The summed E-state index contributed by atoms with van der Waals surface area (Å²) in [5.41, 5.74) is 5.30. The molecule has 0 aliphatic carbocycles. The predicted octanol–water partition coefficient (Wildman–Crippen LogP) is 4.83. The molecule has 0 aliphatic rings. The summed E-state index contributed by atoms with van der Waals surface area (Å²) in [4.78, 5) is 24.4. The summed E-state index contributed by atoms with van der Waals surface area (Å²) in [6, 6.07) is 19.5. The summed E-state index contributed by atoms with van der Waals surface area (Å²) in [5, 5.41) is 6.98. The van der Waals surface area contributed by atoms with Gasteiger partial charge < -0.3 is 14.8 Å². The fourth-order valence-electron chi connectivity index (χ4n) is 2.86. The zero-order valence-corrected chi connectivity index (χ0v) is 19.1. The van der Waals surface area contributed by atoms with Crippen molar-refractivity contribution in [2.24, 2.45) is 5.10 Å². The molecule has 0 saturated carbocycles. The van der Waals surface area contributed by atoms with Gasteiger partial charge in [0.05, 0.1) is 17.8 Å². The number of para-hydroxylation sites is 1. The van der Waals surface area contributed by atoms with Gasteiger partial charge in [0.15, 0.2) is 18.1 Å². The summed E-state index contributed by atoms with van der Waals surface area (Å²) < 4.78 is 11.3. The molecule has 2 N–H and O–H groups in total. The van der Waals surface area contributed by atoms with E-state index in [0.717, 1.165) is 5.56 Å². The molecule has 0 saturated heterocycles. The van der Waals surface area contributed by atoms with Gasteiger partial charge in [0.2, 0.25) is 0 Å². The van der Waals surface area contributed by atoms with Gasteiger partial charge in [-0.15, -0.1) is 0 Å². The second-order valence-electron chi connectivity index (χ2n) is 7.03. The molecule has 8 heteroatoms. The van der Waals surface area contributed by atoms with Crippen LogP contribution in [0.4, 0.5) is 5.69 Å². The van der Waals surface area contributed by atoms with Crippen molar-refractivity contribution in [3.63, 3.8) is 0 Å². The van der Waals surface area contributed by atoms with E-state index in [1.54, 1.807) is 36.4 Å². The highest BCUT2D eigenvalue weighted by Gasteiger charge is 2.14. The second-order valence-corrected chi connectivity index (χ2v) is 7.44. The minimum Gasteiger partial charge on any atom is -0.490 e. The maximum absolute atomic E-state index is 12.2. The molecule has 0 unspecified atom stereocenters. The van der Waals surface area contributed by atoms with Gasteiger partial charge in [-0.1, -0.05) is 47.5 Å². The van der Waals surface area contributed by atoms with Crippen molar-refractivity contribution in [2.45, 2.75) is 13.8 Å². The fourth-order valence-corrected chi connectivity index (χ4v) is 3.13. The quantitative estimate of drug-likeness (QED) is 0.350. The molecule has 0 fully saturated rings. The van der Waals surface area contributed by atoms with E-state index in [1.807, 2.05) is 44.2 Å². The largest absolute Gasteiger partial charge is 0.490 e. The number of aryl methyl sites for hydroxylation is 1. The topological polar surface area (TPSA) is 89.0 Å². The van der Waals surface area contributed by atoms with Crippen molar-refractivity contribution in [3.05, 3.63) is 88.4 Å². The Morgan fingerprint density at radius 3 is 2.45 bits per heavy atom. The number of benzene rings is 3. The smallest absolute Gasteiger partial charge is 0.271 e. The monoisotopic (exact) mass is 465 g/mol. The van der Waals surface area contributed by atoms with Gasteiger partial charge in [-0.2, -0.15) is 5.10 Å². The van der Waals surface area contributed by atoms with E-state index < -0.39 is 0 Å². The lowest BCUT2D eigenvalue weighted by molar-refractivity contribution is -0.118. The lowest BCUT2D eigenvalue weighted by atomic mass is 10.1. The van der Waals surface area contributed by atoms with E-state index in [9.17, 15) is 9.59 Å². The van der Waals surface area contributed by atoms with Crippen LogP contribution in [-0.4, -0.2) is 31.2 Å². The number of ether oxygens (including phenoxy) is 2. The van der Waals surface area contributed by atoms with Crippen molar-refractivity contribution in [1.29, 1.82) is 0 Å². The van der Waals surface area contributed by atoms with Crippen molar-refractivity contribution in [1.82, 2.24) is 5.43 Å². The summed E-state index contributed by atoms with van der Waals surface area (Å²) in [6.45, 7) is 3.90. The van der Waals surface area contributed by atoms with Crippen molar-refractivity contribution in [2.75, 3.05) is 18.5 Å². The Morgan fingerprint density at radius 1 is 1.03 bits per heavy atom. The van der Waals surface area contributed by atoms with E-state index in [2.05, 4.69) is 15.8 Å². The summed E-state index contributed by atoms with van der Waals surface area (Å²) in [6.07, 6.45) is 1.45. The Labute approximate surface area is 197 Å². The van der Waals surface area contributed by atoms with Crippen molar-refractivity contribution in [3.8, 4) is 11.5 Å². The zero-order chi connectivity index (χ0) is 23.6. The number of halogens is 1. The number of anilines is 1. The maximum atomic E-state index is 12.2. The third kappa shape index (κ3) is 7.08. The summed E-state index contributed by atoms with van der Waals surface area (Å²) >= 11 is 6.38. The molecule has 33 heavy (non-hydrogen) atoms. The highest BCUT2D eigenvalue weighted by atomic mass is 35.5. The number of amides is 2. The Hall–Kier alpha value is -3.84. The van der Waals surface area contributed by atoms with E-state index in [-0.39, 0.29) is 29.2 Å². The number of rotatable bonds is 9. The van der Waals surface area contributed by atoms with Crippen LogP contribution >= 0.6 is 11.6 Å². The summed E-state index contributed by atoms with van der Waals surface area (Å²) in [5.74, 6) is -0.0395. The van der Waals surface area contributed by atoms with Gasteiger partial charge in [-0.25, -0.2) is 5.43 Å². The van der Waals surface area contributed by atoms with Gasteiger partial charge in [0.1, 0.15) is 0 Å². The first kappa shape index (κ1) is 23.8. The SMILES string of the molecule is CCOc1cc(/C=N/NC(=O)c2ccc(C)cc2)cc(Cl)c1OCC(=O)Nc1ccccc1. The van der Waals surface area contributed by atoms with Gasteiger partial charge >= 0.3 is 0 Å². The van der Waals surface area contributed by atoms with Crippen LogP contribution in [0.2, 0.25) is 5.02 Å². The van der Waals surface area contributed by atoms with Gasteiger partial charge in [0, 0.05) is 11.3 Å².